The molecule has 2 aromatic rings. The van der Waals surface area contributed by atoms with E-state index in [2.05, 4.69) is 15.5 Å². The van der Waals surface area contributed by atoms with E-state index in [-0.39, 0.29) is 10.8 Å². The van der Waals surface area contributed by atoms with Crippen molar-refractivity contribution in [2.75, 3.05) is 11.1 Å². The molecule has 0 aliphatic rings. The van der Waals surface area contributed by atoms with Crippen LogP contribution in [0.25, 0.3) is 0 Å². The Morgan fingerprint density at radius 1 is 1.42 bits per heavy atom. The molecule has 0 aliphatic heterocycles. The Labute approximate surface area is 109 Å². The SMILES string of the molecule is Cc1cc(NC(=O)CS(=O)(=O)c2ccccn2)no1. The van der Waals surface area contributed by atoms with Gasteiger partial charge in [0, 0.05) is 12.3 Å². The molecule has 0 atom stereocenters. The molecule has 19 heavy (non-hydrogen) atoms. The minimum absolute atomic E-state index is 0.138. The second-order valence-electron chi connectivity index (χ2n) is 3.80. The van der Waals surface area contributed by atoms with Crippen LogP contribution in [-0.2, 0) is 14.6 Å². The van der Waals surface area contributed by atoms with Gasteiger partial charge in [0.2, 0.25) is 15.7 Å². The van der Waals surface area contributed by atoms with Crippen molar-refractivity contribution in [3.8, 4) is 0 Å². The number of anilines is 1. The van der Waals surface area contributed by atoms with Crippen LogP contribution in [0.5, 0.6) is 0 Å². The summed E-state index contributed by atoms with van der Waals surface area (Å²) in [6.07, 6.45) is 1.35. The standard InChI is InChI=1S/C11H11N3O4S/c1-8-6-9(14-18-8)13-10(15)7-19(16,17)11-4-2-3-5-12-11/h2-6H,7H2,1H3,(H,13,14,15). The van der Waals surface area contributed by atoms with Crippen molar-refractivity contribution in [1.82, 2.24) is 10.1 Å². The van der Waals surface area contributed by atoms with E-state index in [9.17, 15) is 13.2 Å². The highest BCUT2D eigenvalue weighted by molar-refractivity contribution is 7.92. The molecule has 0 saturated heterocycles. The van der Waals surface area contributed by atoms with Crippen molar-refractivity contribution in [2.24, 2.45) is 0 Å². The van der Waals surface area contributed by atoms with E-state index in [1.807, 2.05) is 0 Å². The number of rotatable bonds is 4. The van der Waals surface area contributed by atoms with Crippen molar-refractivity contribution in [3.05, 3.63) is 36.2 Å². The number of nitrogens with zero attached hydrogens (tertiary/aromatic N) is 2. The molecule has 2 aromatic heterocycles. The molecule has 0 fully saturated rings. The Kier molecular flexibility index (Phi) is 3.61. The molecule has 7 nitrogen and oxygen atoms in total. The fraction of sp³-hybridized carbons (Fsp3) is 0.182. The summed E-state index contributed by atoms with van der Waals surface area (Å²) in [5.41, 5.74) is 0. The third kappa shape index (κ3) is 3.38. The molecule has 2 heterocycles. The van der Waals surface area contributed by atoms with Gasteiger partial charge in [0.1, 0.15) is 11.5 Å². The molecule has 0 spiro atoms. The Hall–Kier alpha value is -2.22. The summed E-state index contributed by atoms with van der Waals surface area (Å²) in [5, 5.41) is 5.74. The first-order valence-corrected chi connectivity index (χ1v) is 6.99. The van der Waals surface area contributed by atoms with Crippen LogP contribution in [0, 0.1) is 6.92 Å². The van der Waals surface area contributed by atoms with Crippen LogP contribution in [0.2, 0.25) is 0 Å². The van der Waals surface area contributed by atoms with Gasteiger partial charge >= 0.3 is 0 Å². The predicted molar refractivity (Wildman–Crippen MR) is 66.2 cm³/mol. The number of nitrogens with one attached hydrogen (secondary N) is 1. The molecule has 0 unspecified atom stereocenters. The Morgan fingerprint density at radius 2 is 2.21 bits per heavy atom. The summed E-state index contributed by atoms with van der Waals surface area (Å²) in [4.78, 5) is 15.3. The van der Waals surface area contributed by atoms with Gasteiger partial charge < -0.3 is 9.84 Å². The van der Waals surface area contributed by atoms with Gasteiger partial charge in [-0.1, -0.05) is 11.2 Å². The second kappa shape index (κ2) is 5.19. The minimum atomic E-state index is -3.75. The average molecular weight is 281 g/mol. The van der Waals surface area contributed by atoms with Crippen LogP contribution in [-0.4, -0.2) is 30.2 Å². The summed E-state index contributed by atoms with van der Waals surface area (Å²) in [5.74, 6) is -0.698. The molecule has 1 amide bonds. The maximum atomic E-state index is 11.9. The number of hydrogen-bond acceptors (Lipinski definition) is 6. The van der Waals surface area contributed by atoms with Crippen LogP contribution in [0.3, 0.4) is 0 Å². The lowest BCUT2D eigenvalue weighted by Gasteiger charge is -2.03. The van der Waals surface area contributed by atoms with Gasteiger partial charge in [-0.25, -0.2) is 13.4 Å². The van der Waals surface area contributed by atoms with Gasteiger partial charge in [-0.05, 0) is 19.1 Å². The fourth-order valence-electron chi connectivity index (χ4n) is 1.38. The van der Waals surface area contributed by atoms with E-state index in [0.717, 1.165) is 0 Å². The summed E-state index contributed by atoms with van der Waals surface area (Å²) >= 11 is 0. The van der Waals surface area contributed by atoms with Crippen molar-refractivity contribution < 1.29 is 17.7 Å². The molecule has 2 rings (SSSR count). The van der Waals surface area contributed by atoms with Gasteiger partial charge in [0.15, 0.2) is 10.8 Å². The number of carbonyl (C=O) groups is 1. The predicted octanol–water partition coefficient (Wildman–Crippen LogP) is 0.790. The zero-order valence-electron chi connectivity index (χ0n) is 10.0. The monoisotopic (exact) mass is 281 g/mol. The van der Waals surface area contributed by atoms with Gasteiger partial charge in [0.05, 0.1) is 0 Å². The summed E-state index contributed by atoms with van der Waals surface area (Å²) in [6.45, 7) is 1.66. The minimum Gasteiger partial charge on any atom is -0.360 e. The highest BCUT2D eigenvalue weighted by atomic mass is 32.2. The van der Waals surface area contributed by atoms with Crippen LogP contribution in [0.1, 0.15) is 5.76 Å². The van der Waals surface area contributed by atoms with E-state index < -0.39 is 21.5 Å². The Balaban J connectivity index is 2.07. The van der Waals surface area contributed by atoms with Gasteiger partial charge in [-0.15, -0.1) is 0 Å². The summed E-state index contributed by atoms with van der Waals surface area (Å²) < 4.78 is 28.5. The first-order valence-electron chi connectivity index (χ1n) is 5.34. The van der Waals surface area contributed by atoms with Gasteiger partial charge in [-0.3, -0.25) is 4.79 Å². The average Bonchev–Trinajstić information content (AvgIpc) is 2.75. The van der Waals surface area contributed by atoms with E-state index in [4.69, 9.17) is 4.52 Å². The Morgan fingerprint density at radius 3 is 2.79 bits per heavy atom. The van der Waals surface area contributed by atoms with Crippen molar-refractivity contribution in [1.29, 1.82) is 0 Å². The first-order chi connectivity index (χ1) is 8.97. The molecule has 0 aliphatic carbocycles. The quantitative estimate of drug-likeness (QED) is 0.888. The van der Waals surface area contributed by atoms with Crippen LogP contribution >= 0.6 is 0 Å². The molecular formula is C11H11N3O4S. The number of hydrogen-bond donors (Lipinski definition) is 1. The maximum Gasteiger partial charge on any atom is 0.241 e. The number of amides is 1. The zero-order valence-corrected chi connectivity index (χ0v) is 10.8. The lowest BCUT2D eigenvalue weighted by molar-refractivity contribution is -0.113. The number of carbonyl (C=O) groups excluding carboxylic acids is 1. The molecule has 100 valence electrons. The highest BCUT2D eigenvalue weighted by Gasteiger charge is 2.21. The number of pyridine rings is 1. The first kappa shape index (κ1) is 13.2. The van der Waals surface area contributed by atoms with Crippen LogP contribution in [0.15, 0.2) is 40.0 Å². The van der Waals surface area contributed by atoms with Crippen LogP contribution < -0.4 is 5.32 Å². The lowest BCUT2D eigenvalue weighted by Crippen LogP contribution is -2.23. The van der Waals surface area contributed by atoms with Gasteiger partial charge in [-0.2, -0.15) is 0 Å². The smallest absolute Gasteiger partial charge is 0.241 e. The van der Waals surface area contributed by atoms with Crippen molar-refractivity contribution in [3.63, 3.8) is 0 Å². The van der Waals surface area contributed by atoms with Gasteiger partial charge in [0.25, 0.3) is 0 Å². The maximum absolute atomic E-state index is 11.9. The molecule has 0 radical (unpaired) electrons. The molecule has 1 N–H and O–H groups in total. The third-order valence-electron chi connectivity index (χ3n) is 2.17. The van der Waals surface area contributed by atoms with E-state index >= 15 is 0 Å². The number of sulfone groups is 1. The van der Waals surface area contributed by atoms with Crippen LogP contribution in [0.4, 0.5) is 5.82 Å². The topological polar surface area (TPSA) is 102 Å². The third-order valence-corrected chi connectivity index (χ3v) is 3.69. The molecule has 8 heteroatoms. The fourth-order valence-corrected chi connectivity index (χ4v) is 2.45. The van der Waals surface area contributed by atoms with Crippen molar-refractivity contribution >= 4 is 21.6 Å². The van der Waals surface area contributed by atoms with E-state index in [1.165, 1.54) is 18.3 Å². The molecule has 0 aromatic carbocycles. The molecule has 0 bridgehead atoms. The second-order valence-corrected chi connectivity index (χ2v) is 5.73. The summed E-state index contributed by atoms with van der Waals surface area (Å²) in [6, 6.07) is 5.96. The molecule has 0 saturated carbocycles. The molecular weight excluding hydrogens is 270 g/mol. The largest absolute Gasteiger partial charge is 0.360 e. The number of aryl methyl sites for hydroxylation is 1. The highest BCUT2D eigenvalue weighted by Crippen LogP contribution is 2.09. The Bertz CT molecular complexity index is 679. The normalized spacial score (nSPS) is 11.2. The number of aromatic nitrogens is 2. The lowest BCUT2D eigenvalue weighted by atomic mass is 10.5. The zero-order chi connectivity index (χ0) is 13.9. The summed E-state index contributed by atoms with van der Waals surface area (Å²) in [7, 11) is -3.75. The van der Waals surface area contributed by atoms with E-state index in [0.29, 0.717) is 5.76 Å². The van der Waals surface area contributed by atoms with Crippen molar-refractivity contribution in [2.45, 2.75) is 11.9 Å². The van der Waals surface area contributed by atoms with E-state index in [1.54, 1.807) is 19.1 Å².